The monoisotopic (exact) mass is 278 g/mol. The molecule has 1 aromatic rings. The molecular weight excluding hydrogens is 252 g/mol. The summed E-state index contributed by atoms with van der Waals surface area (Å²) in [5.74, 6) is 2.17. The van der Waals surface area contributed by atoms with Gasteiger partial charge in [0.15, 0.2) is 0 Å². The van der Waals surface area contributed by atoms with Crippen LogP contribution in [0.25, 0.3) is 0 Å². The van der Waals surface area contributed by atoms with Crippen LogP contribution in [0.3, 0.4) is 0 Å². The molecule has 19 heavy (non-hydrogen) atoms. The highest BCUT2D eigenvalue weighted by atomic mass is 32.2. The Labute approximate surface area is 121 Å². The summed E-state index contributed by atoms with van der Waals surface area (Å²) in [6.07, 6.45) is 7.72. The Morgan fingerprint density at radius 3 is 2.74 bits per heavy atom. The van der Waals surface area contributed by atoms with E-state index in [1.165, 1.54) is 47.6 Å². The van der Waals surface area contributed by atoms with E-state index < -0.39 is 0 Å². The van der Waals surface area contributed by atoms with E-state index in [1.54, 1.807) is 0 Å². The maximum atomic E-state index is 4.64. The minimum absolute atomic E-state index is 0.525. The van der Waals surface area contributed by atoms with Gasteiger partial charge in [0.2, 0.25) is 0 Å². The molecule has 0 unspecified atom stereocenters. The quantitative estimate of drug-likeness (QED) is 0.791. The van der Waals surface area contributed by atoms with Crippen molar-refractivity contribution in [2.75, 3.05) is 5.75 Å². The molecule has 1 saturated carbocycles. The van der Waals surface area contributed by atoms with Gasteiger partial charge in [-0.15, -0.1) is 11.8 Å². The summed E-state index contributed by atoms with van der Waals surface area (Å²) in [4.78, 5) is 4.64. The summed E-state index contributed by atoms with van der Waals surface area (Å²) >= 11 is 1.95. The van der Waals surface area contributed by atoms with E-state index in [2.05, 4.69) is 37.1 Å². The summed E-state index contributed by atoms with van der Waals surface area (Å²) in [6.45, 7) is 7.44. The second kappa shape index (κ2) is 7.30. The minimum atomic E-state index is 0.525. The molecule has 0 spiro atoms. The van der Waals surface area contributed by atoms with Crippen molar-refractivity contribution in [2.24, 2.45) is 5.92 Å². The topological polar surface area (TPSA) is 24.9 Å². The van der Waals surface area contributed by atoms with Gasteiger partial charge < -0.3 is 5.32 Å². The van der Waals surface area contributed by atoms with Crippen LogP contribution in [0.2, 0.25) is 0 Å². The Balaban J connectivity index is 1.87. The van der Waals surface area contributed by atoms with Crippen LogP contribution in [0, 0.1) is 12.8 Å². The normalized spacial score (nSPS) is 16.4. The summed E-state index contributed by atoms with van der Waals surface area (Å²) in [6, 6.07) is 2.80. The smallest absolute Gasteiger partial charge is 0.0989 e. The van der Waals surface area contributed by atoms with Gasteiger partial charge >= 0.3 is 0 Å². The Kier molecular flexibility index (Phi) is 5.71. The fourth-order valence-electron chi connectivity index (χ4n) is 2.56. The van der Waals surface area contributed by atoms with Crippen LogP contribution in [0.4, 0.5) is 0 Å². The van der Waals surface area contributed by atoms with Gasteiger partial charge in [0, 0.05) is 24.5 Å². The predicted molar refractivity (Wildman–Crippen MR) is 83.6 cm³/mol. The first-order chi connectivity index (χ1) is 9.15. The molecule has 0 aromatic carbocycles. The number of rotatable bonds is 6. The van der Waals surface area contributed by atoms with E-state index in [4.69, 9.17) is 0 Å². The van der Waals surface area contributed by atoms with E-state index in [1.807, 2.05) is 18.0 Å². The molecule has 0 radical (unpaired) electrons. The van der Waals surface area contributed by atoms with Crippen LogP contribution >= 0.6 is 11.8 Å². The van der Waals surface area contributed by atoms with Crippen molar-refractivity contribution < 1.29 is 0 Å². The molecule has 0 amide bonds. The van der Waals surface area contributed by atoms with Crippen LogP contribution in [0.1, 0.15) is 50.7 Å². The van der Waals surface area contributed by atoms with Crippen LogP contribution in [-0.2, 0) is 6.54 Å². The average molecular weight is 278 g/mol. The molecule has 2 nitrogen and oxygen atoms in total. The van der Waals surface area contributed by atoms with Gasteiger partial charge in [0.1, 0.15) is 0 Å². The van der Waals surface area contributed by atoms with Crippen LogP contribution < -0.4 is 5.32 Å². The number of aryl methyl sites for hydroxylation is 1. The van der Waals surface area contributed by atoms with Crippen molar-refractivity contribution in [2.45, 2.75) is 64.1 Å². The maximum Gasteiger partial charge on any atom is 0.0989 e. The summed E-state index contributed by atoms with van der Waals surface area (Å²) in [7, 11) is 0. The van der Waals surface area contributed by atoms with Crippen molar-refractivity contribution in [3.8, 4) is 0 Å². The molecule has 0 bridgehead atoms. The summed E-state index contributed by atoms with van der Waals surface area (Å²) < 4.78 is 0. The molecule has 1 heterocycles. The molecule has 1 N–H and O–H groups in total. The first kappa shape index (κ1) is 14.9. The van der Waals surface area contributed by atoms with Crippen molar-refractivity contribution >= 4 is 11.8 Å². The first-order valence-electron chi connectivity index (χ1n) is 7.47. The molecule has 0 aliphatic heterocycles. The molecule has 0 saturated heterocycles. The Hall–Kier alpha value is -0.540. The standard InChI is InChI=1S/C16H26N2S/c1-12(2)17-9-15-8-13(3)16(18-10-15)19-11-14-6-4-5-7-14/h8,10,12,14,17H,4-7,9,11H2,1-3H3. The van der Waals surface area contributed by atoms with E-state index in [9.17, 15) is 0 Å². The Morgan fingerprint density at radius 2 is 2.11 bits per heavy atom. The van der Waals surface area contributed by atoms with E-state index in [0.29, 0.717) is 6.04 Å². The zero-order chi connectivity index (χ0) is 13.7. The van der Waals surface area contributed by atoms with Gasteiger partial charge in [-0.2, -0.15) is 0 Å². The fourth-order valence-corrected chi connectivity index (χ4v) is 3.70. The highest BCUT2D eigenvalue weighted by Crippen LogP contribution is 2.31. The number of thioether (sulfide) groups is 1. The van der Waals surface area contributed by atoms with Crippen molar-refractivity contribution in [1.82, 2.24) is 10.3 Å². The lowest BCUT2D eigenvalue weighted by Gasteiger charge is -2.12. The molecule has 1 aliphatic rings. The lowest BCUT2D eigenvalue weighted by Crippen LogP contribution is -2.21. The average Bonchev–Trinajstić information content (AvgIpc) is 2.88. The predicted octanol–water partition coefficient (Wildman–Crippen LogP) is 4.17. The molecule has 3 heteroatoms. The molecule has 1 fully saturated rings. The number of hydrogen-bond acceptors (Lipinski definition) is 3. The van der Waals surface area contributed by atoms with Gasteiger partial charge in [0.25, 0.3) is 0 Å². The molecule has 1 aromatic heterocycles. The minimum Gasteiger partial charge on any atom is -0.310 e. The number of nitrogens with one attached hydrogen (secondary N) is 1. The third kappa shape index (κ3) is 4.81. The maximum absolute atomic E-state index is 4.64. The van der Waals surface area contributed by atoms with Gasteiger partial charge in [0.05, 0.1) is 5.03 Å². The fraction of sp³-hybridized carbons (Fsp3) is 0.688. The zero-order valence-electron chi connectivity index (χ0n) is 12.4. The molecular formula is C16H26N2S. The van der Waals surface area contributed by atoms with E-state index in [0.717, 1.165) is 12.5 Å². The van der Waals surface area contributed by atoms with Crippen LogP contribution in [0.5, 0.6) is 0 Å². The van der Waals surface area contributed by atoms with Crippen molar-refractivity contribution in [3.05, 3.63) is 23.4 Å². The Morgan fingerprint density at radius 1 is 1.37 bits per heavy atom. The lowest BCUT2D eigenvalue weighted by molar-refractivity contribution is 0.587. The van der Waals surface area contributed by atoms with Gasteiger partial charge in [-0.3, -0.25) is 0 Å². The number of aromatic nitrogens is 1. The van der Waals surface area contributed by atoms with Crippen LogP contribution in [0.15, 0.2) is 17.3 Å². The Bertz CT molecular complexity index is 398. The third-order valence-electron chi connectivity index (χ3n) is 3.73. The summed E-state index contributed by atoms with van der Waals surface area (Å²) in [5.41, 5.74) is 2.61. The first-order valence-corrected chi connectivity index (χ1v) is 8.45. The van der Waals surface area contributed by atoms with E-state index in [-0.39, 0.29) is 0 Å². The second-order valence-corrected chi connectivity index (χ2v) is 6.97. The second-order valence-electron chi connectivity index (χ2n) is 5.96. The number of nitrogens with zero attached hydrogens (tertiary/aromatic N) is 1. The van der Waals surface area contributed by atoms with Gasteiger partial charge in [-0.1, -0.05) is 32.8 Å². The highest BCUT2D eigenvalue weighted by Gasteiger charge is 2.15. The number of hydrogen-bond donors (Lipinski definition) is 1. The molecule has 1 aliphatic carbocycles. The zero-order valence-corrected chi connectivity index (χ0v) is 13.2. The SMILES string of the molecule is Cc1cc(CNC(C)C)cnc1SCC1CCCC1. The van der Waals surface area contributed by atoms with E-state index >= 15 is 0 Å². The molecule has 106 valence electrons. The van der Waals surface area contributed by atoms with Gasteiger partial charge in [-0.05, 0) is 36.8 Å². The largest absolute Gasteiger partial charge is 0.310 e. The van der Waals surface area contributed by atoms with Crippen molar-refractivity contribution in [1.29, 1.82) is 0 Å². The number of pyridine rings is 1. The van der Waals surface area contributed by atoms with Crippen molar-refractivity contribution in [3.63, 3.8) is 0 Å². The van der Waals surface area contributed by atoms with Crippen LogP contribution in [-0.4, -0.2) is 16.8 Å². The van der Waals surface area contributed by atoms with Gasteiger partial charge in [-0.25, -0.2) is 4.98 Å². The lowest BCUT2D eigenvalue weighted by atomic mass is 10.1. The molecule has 2 rings (SSSR count). The molecule has 0 atom stereocenters. The summed E-state index contributed by atoms with van der Waals surface area (Å²) in [5, 5.41) is 4.66. The third-order valence-corrected chi connectivity index (χ3v) is 5.07. The highest BCUT2D eigenvalue weighted by molar-refractivity contribution is 7.99.